The summed E-state index contributed by atoms with van der Waals surface area (Å²) in [5.41, 5.74) is 0.547. The Hall–Kier alpha value is -3.45. The maximum absolute atomic E-state index is 12.3. The standard InChI is InChI=1S/C21H17N3O3S/c25-19(10-12-24-14-22-20-18(21(24)26)11-13-28-20)23-15-6-8-17(9-7-15)27-16-4-2-1-3-5-16/h1-9,11,13-14H,10,12H2,(H,23,25). The molecule has 4 aromatic rings. The van der Waals surface area contributed by atoms with E-state index < -0.39 is 0 Å². The molecule has 0 fully saturated rings. The van der Waals surface area contributed by atoms with Crippen LogP contribution in [0.1, 0.15) is 6.42 Å². The number of para-hydroxylation sites is 1. The number of thiophene rings is 1. The summed E-state index contributed by atoms with van der Waals surface area (Å²) in [7, 11) is 0. The fourth-order valence-electron chi connectivity index (χ4n) is 2.73. The van der Waals surface area contributed by atoms with Crippen molar-refractivity contribution in [3.05, 3.63) is 82.7 Å². The van der Waals surface area contributed by atoms with Crippen molar-refractivity contribution in [3.63, 3.8) is 0 Å². The van der Waals surface area contributed by atoms with Gasteiger partial charge in [0, 0.05) is 18.7 Å². The van der Waals surface area contributed by atoms with Gasteiger partial charge in [0.05, 0.1) is 11.7 Å². The molecule has 1 N–H and O–H groups in total. The molecule has 0 unspecified atom stereocenters. The Balaban J connectivity index is 1.34. The van der Waals surface area contributed by atoms with Crippen LogP contribution in [-0.4, -0.2) is 15.5 Å². The average molecular weight is 391 g/mol. The van der Waals surface area contributed by atoms with Gasteiger partial charge in [-0.1, -0.05) is 18.2 Å². The minimum absolute atomic E-state index is 0.124. The molecule has 6 nitrogen and oxygen atoms in total. The molecule has 0 spiro atoms. The third kappa shape index (κ3) is 4.10. The van der Waals surface area contributed by atoms with Crippen LogP contribution in [0.2, 0.25) is 0 Å². The van der Waals surface area contributed by atoms with Crippen LogP contribution >= 0.6 is 11.3 Å². The maximum atomic E-state index is 12.3. The van der Waals surface area contributed by atoms with Gasteiger partial charge in [0.25, 0.3) is 5.56 Å². The van der Waals surface area contributed by atoms with E-state index in [0.29, 0.717) is 21.7 Å². The molecule has 0 aliphatic carbocycles. The van der Waals surface area contributed by atoms with E-state index in [0.717, 1.165) is 5.75 Å². The van der Waals surface area contributed by atoms with Gasteiger partial charge in [-0.15, -0.1) is 11.3 Å². The summed E-state index contributed by atoms with van der Waals surface area (Å²) in [4.78, 5) is 29.5. The molecular formula is C21H17N3O3S. The lowest BCUT2D eigenvalue weighted by Crippen LogP contribution is -2.23. The topological polar surface area (TPSA) is 73.2 Å². The highest BCUT2D eigenvalue weighted by Gasteiger charge is 2.08. The molecule has 0 saturated carbocycles. The van der Waals surface area contributed by atoms with Crippen molar-refractivity contribution in [2.24, 2.45) is 0 Å². The van der Waals surface area contributed by atoms with Gasteiger partial charge in [-0.25, -0.2) is 4.98 Å². The number of carbonyl (C=O) groups is 1. The van der Waals surface area contributed by atoms with E-state index in [1.54, 1.807) is 30.3 Å². The highest BCUT2D eigenvalue weighted by molar-refractivity contribution is 7.16. The Morgan fingerprint density at radius 2 is 1.79 bits per heavy atom. The summed E-state index contributed by atoms with van der Waals surface area (Å²) in [5.74, 6) is 1.26. The van der Waals surface area contributed by atoms with E-state index >= 15 is 0 Å². The number of anilines is 1. The summed E-state index contributed by atoms with van der Waals surface area (Å²) in [6.07, 6.45) is 1.67. The van der Waals surface area contributed by atoms with Crippen LogP contribution in [0, 0.1) is 0 Å². The quantitative estimate of drug-likeness (QED) is 0.532. The van der Waals surface area contributed by atoms with Gasteiger partial charge in [-0.05, 0) is 47.8 Å². The first kappa shape index (κ1) is 17.9. The normalized spacial score (nSPS) is 10.7. The fourth-order valence-corrected chi connectivity index (χ4v) is 3.45. The minimum atomic E-state index is -0.172. The van der Waals surface area contributed by atoms with Crippen LogP contribution in [0.25, 0.3) is 10.2 Å². The van der Waals surface area contributed by atoms with E-state index in [1.807, 2.05) is 35.7 Å². The van der Waals surface area contributed by atoms with E-state index in [-0.39, 0.29) is 24.4 Å². The largest absolute Gasteiger partial charge is 0.457 e. The molecule has 7 heteroatoms. The number of aryl methyl sites for hydroxylation is 1. The monoisotopic (exact) mass is 391 g/mol. The number of carbonyl (C=O) groups excluding carboxylic acids is 1. The number of hydrogen-bond acceptors (Lipinski definition) is 5. The summed E-state index contributed by atoms with van der Waals surface area (Å²) in [6, 6.07) is 18.4. The van der Waals surface area contributed by atoms with E-state index in [4.69, 9.17) is 4.74 Å². The van der Waals surface area contributed by atoms with Gasteiger partial charge in [0.15, 0.2) is 0 Å². The molecule has 2 aromatic heterocycles. The Bertz CT molecular complexity index is 1150. The van der Waals surface area contributed by atoms with Crippen LogP contribution in [-0.2, 0) is 11.3 Å². The van der Waals surface area contributed by atoms with Crippen LogP contribution < -0.4 is 15.6 Å². The minimum Gasteiger partial charge on any atom is -0.457 e. The van der Waals surface area contributed by atoms with Crippen molar-refractivity contribution in [2.75, 3.05) is 5.32 Å². The number of rotatable bonds is 6. The Kier molecular flexibility index (Phi) is 5.16. The number of amides is 1. The van der Waals surface area contributed by atoms with Gasteiger partial charge in [-0.2, -0.15) is 0 Å². The van der Waals surface area contributed by atoms with Crippen molar-refractivity contribution < 1.29 is 9.53 Å². The van der Waals surface area contributed by atoms with Gasteiger partial charge < -0.3 is 10.1 Å². The first-order valence-corrected chi connectivity index (χ1v) is 9.62. The number of ether oxygens (including phenoxy) is 1. The molecule has 2 aromatic carbocycles. The molecule has 4 rings (SSSR count). The second-order valence-corrected chi connectivity index (χ2v) is 7.01. The molecule has 1 amide bonds. The fraction of sp³-hybridized carbons (Fsp3) is 0.0952. The molecule has 0 saturated heterocycles. The zero-order chi connectivity index (χ0) is 19.3. The highest BCUT2D eigenvalue weighted by Crippen LogP contribution is 2.22. The van der Waals surface area contributed by atoms with E-state index in [9.17, 15) is 9.59 Å². The Morgan fingerprint density at radius 1 is 1.04 bits per heavy atom. The van der Waals surface area contributed by atoms with E-state index in [2.05, 4.69) is 10.3 Å². The van der Waals surface area contributed by atoms with Crippen molar-refractivity contribution in [1.29, 1.82) is 0 Å². The summed E-state index contributed by atoms with van der Waals surface area (Å²) < 4.78 is 7.19. The second-order valence-electron chi connectivity index (χ2n) is 6.12. The van der Waals surface area contributed by atoms with Gasteiger partial charge in [-0.3, -0.25) is 14.2 Å². The number of benzene rings is 2. The summed E-state index contributed by atoms with van der Waals surface area (Å²) in [6.45, 7) is 0.276. The van der Waals surface area contributed by atoms with Crippen LogP contribution in [0.15, 0.2) is 77.2 Å². The van der Waals surface area contributed by atoms with Gasteiger partial charge >= 0.3 is 0 Å². The third-order valence-electron chi connectivity index (χ3n) is 4.15. The first-order chi connectivity index (χ1) is 13.7. The Labute approximate surface area is 165 Å². The number of nitrogens with zero attached hydrogens (tertiary/aromatic N) is 2. The molecule has 0 aliphatic heterocycles. The number of aromatic nitrogens is 2. The molecule has 140 valence electrons. The van der Waals surface area contributed by atoms with Crippen molar-refractivity contribution in [1.82, 2.24) is 9.55 Å². The van der Waals surface area contributed by atoms with E-state index in [1.165, 1.54) is 22.2 Å². The lowest BCUT2D eigenvalue weighted by molar-refractivity contribution is -0.116. The van der Waals surface area contributed by atoms with Crippen LogP contribution in [0.3, 0.4) is 0 Å². The smallest absolute Gasteiger partial charge is 0.262 e. The predicted octanol–water partition coefficient (Wildman–Crippen LogP) is 4.28. The highest BCUT2D eigenvalue weighted by atomic mass is 32.1. The van der Waals surface area contributed by atoms with Crippen LogP contribution in [0.4, 0.5) is 5.69 Å². The number of fused-ring (bicyclic) bond motifs is 1. The number of nitrogens with one attached hydrogen (secondary N) is 1. The van der Waals surface area contributed by atoms with Crippen molar-refractivity contribution in [3.8, 4) is 11.5 Å². The van der Waals surface area contributed by atoms with Gasteiger partial charge in [0.1, 0.15) is 16.3 Å². The van der Waals surface area contributed by atoms with Crippen molar-refractivity contribution >= 4 is 33.1 Å². The lowest BCUT2D eigenvalue weighted by Gasteiger charge is -2.09. The van der Waals surface area contributed by atoms with Crippen molar-refractivity contribution in [2.45, 2.75) is 13.0 Å². The first-order valence-electron chi connectivity index (χ1n) is 8.74. The number of hydrogen-bond donors (Lipinski definition) is 1. The summed E-state index contributed by atoms with van der Waals surface area (Å²) in [5, 5.41) is 5.25. The van der Waals surface area contributed by atoms with Crippen LogP contribution in [0.5, 0.6) is 11.5 Å². The molecule has 0 bridgehead atoms. The molecule has 0 radical (unpaired) electrons. The third-order valence-corrected chi connectivity index (χ3v) is 4.97. The molecule has 0 aliphatic rings. The molecule has 0 atom stereocenters. The zero-order valence-electron chi connectivity index (χ0n) is 14.9. The average Bonchev–Trinajstić information content (AvgIpc) is 3.20. The predicted molar refractivity (Wildman–Crippen MR) is 110 cm³/mol. The van der Waals surface area contributed by atoms with Gasteiger partial charge in [0.2, 0.25) is 5.91 Å². The zero-order valence-corrected chi connectivity index (χ0v) is 15.7. The SMILES string of the molecule is O=C(CCn1cnc2sccc2c1=O)Nc1ccc(Oc2ccccc2)cc1. The Morgan fingerprint density at radius 3 is 2.57 bits per heavy atom. The molecular weight excluding hydrogens is 374 g/mol. The lowest BCUT2D eigenvalue weighted by atomic mass is 10.3. The molecule has 2 heterocycles. The summed E-state index contributed by atoms with van der Waals surface area (Å²) >= 11 is 1.42. The second kappa shape index (κ2) is 8.06. The molecule has 28 heavy (non-hydrogen) atoms. The maximum Gasteiger partial charge on any atom is 0.262 e.